The summed E-state index contributed by atoms with van der Waals surface area (Å²) in [5.74, 6) is 0. The smallest absolute Gasteiger partial charge is 0.0681 e. The van der Waals surface area contributed by atoms with Gasteiger partial charge in [-0.2, -0.15) is 5.10 Å². The normalized spacial score (nSPS) is 10.6. The summed E-state index contributed by atoms with van der Waals surface area (Å²) in [5, 5.41) is 4.56. The van der Waals surface area contributed by atoms with Gasteiger partial charge < -0.3 is 0 Å². The Kier molecular flexibility index (Phi) is 3.66. The summed E-state index contributed by atoms with van der Waals surface area (Å²) < 4.78 is 1.96. The van der Waals surface area contributed by atoms with Crippen LogP contribution in [-0.4, -0.2) is 9.78 Å². The molecule has 18 heavy (non-hydrogen) atoms. The second-order valence-corrected chi connectivity index (χ2v) is 4.97. The SMILES string of the molecule is C=C(C)CCc1cc(-c2ccc(C)cc2)n(C)n1. The molecule has 0 atom stereocenters. The maximum Gasteiger partial charge on any atom is 0.0681 e. The minimum absolute atomic E-state index is 0.967. The van der Waals surface area contributed by atoms with Crippen LogP contribution in [-0.2, 0) is 13.5 Å². The molecule has 2 heteroatoms. The molecule has 0 aliphatic heterocycles. The van der Waals surface area contributed by atoms with E-state index in [1.807, 2.05) is 11.7 Å². The summed E-state index contributed by atoms with van der Waals surface area (Å²) in [4.78, 5) is 0. The fraction of sp³-hybridized carbons (Fsp3) is 0.312. The van der Waals surface area contributed by atoms with E-state index in [9.17, 15) is 0 Å². The van der Waals surface area contributed by atoms with Gasteiger partial charge in [-0.1, -0.05) is 35.4 Å². The minimum Gasteiger partial charge on any atom is -0.268 e. The predicted molar refractivity (Wildman–Crippen MR) is 76.5 cm³/mol. The molecule has 2 aromatic rings. The Morgan fingerprint density at radius 2 is 1.94 bits per heavy atom. The number of nitrogens with zero attached hydrogens (tertiary/aromatic N) is 2. The van der Waals surface area contributed by atoms with Crippen LogP contribution in [0.3, 0.4) is 0 Å². The maximum atomic E-state index is 4.56. The summed E-state index contributed by atoms with van der Waals surface area (Å²) in [6, 6.07) is 10.7. The van der Waals surface area contributed by atoms with E-state index < -0.39 is 0 Å². The van der Waals surface area contributed by atoms with Crippen molar-refractivity contribution in [1.82, 2.24) is 9.78 Å². The molecule has 0 bridgehead atoms. The van der Waals surface area contributed by atoms with Gasteiger partial charge >= 0.3 is 0 Å². The van der Waals surface area contributed by atoms with E-state index in [-0.39, 0.29) is 0 Å². The second kappa shape index (κ2) is 5.21. The van der Waals surface area contributed by atoms with Gasteiger partial charge in [0.2, 0.25) is 0 Å². The summed E-state index contributed by atoms with van der Waals surface area (Å²) in [6.45, 7) is 8.09. The van der Waals surface area contributed by atoms with Gasteiger partial charge in [0.25, 0.3) is 0 Å². The van der Waals surface area contributed by atoms with Crippen LogP contribution in [0.1, 0.15) is 24.6 Å². The van der Waals surface area contributed by atoms with E-state index in [1.54, 1.807) is 0 Å². The van der Waals surface area contributed by atoms with Gasteiger partial charge in [0.15, 0.2) is 0 Å². The number of aryl methyl sites for hydroxylation is 3. The molecule has 0 unspecified atom stereocenters. The Labute approximate surface area is 109 Å². The third kappa shape index (κ3) is 2.89. The molecule has 0 N–H and O–H groups in total. The Morgan fingerprint density at radius 1 is 1.28 bits per heavy atom. The number of benzene rings is 1. The van der Waals surface area contributed by atoms with Crippen molar-refractivity contribution in [1.29, 1.82) is 0 Å². The van der Waals surface area contributed by atoms with Crippen molar-refractivity contribution < 1.29 is 0 Å². The lowest BCUT2D eigenvalue weighted by atomic mass is 10.1. The third-order valence-electron chi connectivity index (χ3n) is 3.09. The van der Waals surface area contributed by atoms with E-state index in [1.165, 1.54) is 22.4 Å². The molecule has 0 radical (unpaired) electrons. The average Bonchev–Trinajstić information content (AvgIpc) is 2.69. The van der Waals surface area contributed by atoms with Crippen molar-refractivity contribution >= 4 is 0 Å². The van der Waals surface area contributed by atoms with Crippen LogP contribution in [0.4, 0.5) is 0 Å². The molecule has 0 amide bonds. The lowest BCUT2D eigenvalue weighted by Gasteiger charge is -2.01. The van der Waals surface area contributed by atoms with Crippen molar-refractivity contribution in [3.63, 3.8) is 0 Å². The molecule has 2 rings (SSSR count). The minimum atomic E-state index is 0.967. The van der Waals surface area contributed by atoms with Gasteiger partial charge in [-0.05, 0) is 38.3 Å². The first-order chi connectivity index (χ1) is 8.56. The molecule has 1 aromatic heterocycles. The largest absolute Gasteiger partial charge is 0.268 e. The van der Waals surface area contributed by atoms with Crippen LogP contribution < -0.4 is 0 Å². The van der Waals surface area contributed by atoms with Gasteiger partial charge in [-0.15, -0.1) is 6.58 Å². The molecule has 94 valence electrons. The zero-order valence-corrected chi connectivity index (χ0v) is 11.4. The van der Waals surface area contributed by atoms with Gasteiger partial charge in [-0.25, -0.2) is 0 Å². The predicted octanol–water partition coefficient (Wildman–Crippen LogP) is 3.90. The highest BCUT2D eigenvalue weighted by atomic mass is 15.3. The second-order valence-electron chi connectivity index (χ2n) is 4.97. The van der Waals surface area contributed by atoms with Crippen molar-refractivity contribution in [2.45, 2.75) is 26.7 Å². The summed E-state index contributed by atoms with van der Waals surface area (Å²) >= 11 is 0. The zero-order chi connectivity index (χ0) is 13.1. The highest BCUT2D eigenvalue weighted by Crippen LogP contribution is 2.21. The molecule has 0 saturated carbocycles. The first-order valence-electron chi connectivity index (χ1n) is 6.30. The number of aromatic nitrogens is 2. The van der Waals surface area contributed by atoms with E-state index in [4.69, 9.17) is 0 Å². The van der Waals surface area contributed by atoms with Gasteiger partial charge in [0, 0.05) is 7.05 Å². The Morgan fingerprint density at radius 3 is 2.56 bits per heavy atom. The van der Waals surface area contributed by atoms with Crippen LogP contribution in [0.5, 0.6) is 0 Å². The molecule has 1 heterocycles. The van der Waals surface area contributed by atoms with Crippen molar-refractivity contribution in [2.24, 2.45) is 7.05 Å². The monoisotopic (exact) mass is 240 g/mol. The van der Waals surface area contributed by atoms with Gasteiger partial charge in [-0.3, -0.25) is 4.68 Å². The summed E-state index contributed by atoms with van der Waals surface area (Å²) in [6.07, 6.45) is 1.97. The Hall–Kier alpha value is -1.83. The van der Waals surface area contributed by atoms with Crippen molar-refractivity contribution in [2.75, 3.05) is 0 Å². The van der Waals surface area contributed by atoms with Crippen molar-refractivity contribution in [3.05, 3.63) is 53.7 Å². The van der Waals surface area contributed by atoms with Crippen molar-refractivity contribution in [3.8, 4) is 11.3 Å². The zero-order valence-electron chi connectivity index (χ0n) is 11.4. The fourth-order valence-corrected chi connectivity index (χ4v) is 1.98. The van der Waals surface area contributed by atoms with Crippen LogP contribution in [0, 0.1) is 6.92 Å². The quantitative estimate of drug-likeness (QED) is 0.741. The van der Waals surface area contributed by atoms with Crippen LogP contribution in [0.25, 0.3) is 11.3 Å². The topological polar surface area (TPSA) is 17.8 Å². The fourth-order valence-electron chi connectivity index (χ4n) is 1.98. The number of hydrogen-bond acceptors (Lipinski definition) is 1. The molecule has 0 aliphatic carbocycles. The molecule has 0 saturated heterocycles. The summed E-state index contributed by atoms with van der Waals surface area (Å²) in [7, 11) is 2.00. The Balaban J connectivity index is 2.23. The molecule has 0 fully saturated rings. The van der Waals surface area contributed by atoms with Crippen LogP contribution >= 0.6 is 0 Å². The molecule has 0 aliphatic rings. The van der Waals surface area contributed by atoms with Gasteiger partial charge in [0.1, 0.15) is 0 Å². The number of allylic oxidation sites excluding steroid dienone is 1. The first-order valence-corrected chi connectivity index (χ1v) is 6.30. The van der Waals surface area contributed by atoms with E-state index in [0.717, 1.165) is 18.5 Å². The first kappa shape index (κ1) is 12.6. The lowest BCUT2D eigenvalue weighted by Crippen LogP contribution is -1.95. The molecular weight excluding hydrogens is 220 g/mol. The summed E-state index contributed by atoms with van der Waals surface area (Å²) in [5.41, 5.74) is 6.01. The number of hydrogen-bond donors (Lipinski definition) is 0. The average molecular weight is 240 g/mol. The lowest BCUT2D eigenvalue weighted by molar-refractivity contribution is 0.742. The Bertz CT molecular complexity index is 547. The van der Waals surface area contributed by atoms with E-state index in [0.29, 0.717) is 0 Å². The molecule has 1 aromatic carbocycles. The maximum absolute atomic E-state index is 4.56. The highest BCUT2D eigenvalue weighted by molar-refractivity contribution is 5.60. The van der Waals surface area contributed by atoms with E-state index in [2.05, 4.69) is 55.9 Å². The van der Waals surface area contributed by atoms with Crippen LogP contribution in [0.2, 0.25) is 0 Å². The highest BCUT2D eigenvalue weighted by Gasteiger charge is 2.07. The number of rotatable bonds is 4. The van der Waals surface area contributed by atoms with Crippen LogP contribution in [0.15, 0.2) is 42.5 Å². The van der Waals surface area contributed by atoms with E-state index >= 15 is 0 Å². The third-order valence-corrected chi connectivity index (χ3v) is 3.09. The standard InChI is InChI=1S/C16H20N2/c1-12(2)5-10-15-11-16(18(4)17-15)14-8-6-13(3)7-9-14/h6-9,11H,1,5,10H2,2-4H3. The molecule has 2 nitrogen and oxygen atoms in total. The van der Waals surface area contributed by atoms with Gasteiger partial charge in [0.05, 0.1) is 11.4 Å². The molecule has 0 spiro atoms. The molecular formula is C16H20N2.